The van der Waals surface area contributed by atoms with Crippen LogP contribution in [0.3, 0.4) is 0 Å². The number of ether oxygens (including phenoxy) is 2. The van der Waals surface area contributed by atoms with Crippen molar-refractivity contribution in [3.8, 4) is 5.75 Å². The van der Waals surface area contributed by atoms with Gasteiger partial charge in [0.2, 0.25) is 0 Å². The molecule has 6 heteroatoms. The number of hydrogen-bond donors (Lipinski definition) is 0. The first-order valence-corrected chi connectivity index (χ1v) is 8.58. The molecule has 0 N–H and O–H groups in total. The smallest absolute Gasteiger partial charge is 0.340 e. The highest BCUT2D eigenvalue weighted by Gasteiger charge is 2.25. The molecule has 1 atom stereocenters. The van der Waals surface area contributed by atoms with Crippen molar-refractivity contribution in [2.45, 2.75) is 19.4 Å². The molecule has 0 saturated carbocycles. The summed E-state index contributed by atoms with van der Waals surface area (Å²) in [6, 6.07) is 14.2. The van der Waals surface area contributed by atoms with Crippen LogP contribution in [0, 0.1) is 0 Å². The molecule has 0 aliphatic rings. The summed E-state index contributed by atoms with van der Waals surface area (Å²) in [7, 11) is 1.31. The van der Waals surface area contributed by atoms with Gasteiger partial charge in [-0.25, -0.2) is 4.79 Å². The van der Waals surface area contributed by atoms with Gasteiger partial charge in [-0.1, -0.05) is 48.9 Å². The fraction of sp³-hybridized carbons (Fsp3) is 0.200. The molecule has 1 aromatic heterocycles. The zero-order valence-electron chi connectivity index (χ0n) is 14.4. The van der Waals surface area contributed by atoms with Crippen molar-refractivity contribution < 1.29 is 19.1 Å². The summed E-state index contributed by atoms with van der Waals surface area (Å²) in [6.07, 6.45) is 1.21. The zero-order chi connectivity index (χ0) is 18.7. The Kier molecular flexibility index (Phi) is 5.28. The van der Waals surface area contributed by atoms with Crippen molar-refractivity contribution in [2.75, 3.05) is 7.11 Å². The number of nitrogens with zero attached hydrogens (tertiary/aromatic N) is 1. The molecule has 0 fully saturated rings. The highest BCUT2D eigenvalue weighted by atomic mass is 35.5. The first-order valence-electron chi connectivity index (χ1n) is 8.20. The number of esters is 1. The lowest BCUT2D eigenvalue weighted by Crippen LogP contribution is -2.31. The Morgan fingerprint density at radius 2 is 1.81 bits per heavy atom. The third-order valence-electron chi connectivity index (χ3n) is 4.11. The highest BCUT2D eigenvalue weighted by Crippen LogP contribution is 2.27. The average Bonchev–Trinajstić information content (AvgIpc) is 3.06. The van der Waals surface area contributed by atoms with Gasteiger partial charge in [0.25, 0.3) is 5.91 Å². The molecular weight excluding hydrogens is 354 g/mol. The maximum absolute atomic E-state index is 13.1. The third-order valence-corrected chi connectivity index (χ3v) is 4.42. The standard InChI is InChI=1S/C20H18ClNO4/c1-3-17(26-18-11-7-5-9-15(18)21)19(23)22-12-14(20(24)25-2)13-8-4-6-10-16(13)22/h4-12,17H,3H2,1-2H3. The summed E-state index contributed by atoms with van der Waals surface area (Å²) in [5, 5.41) is 1.09. The number of methoxy groups -OCH3 is 1. The molecule has 5 nitrogen and oxygen atoms in total. The van der Waals surface area contributed by atoms with Crippen LogP contribution in [0.15, 0.2) is 54.7 Å². The van der Waals surface area contributed by atoms with E-state index in [4.69, 9.17) is 21.1 Å². The van der Waals surface area contributed by atoms with Gasteiger partial charge >= 0.3 is 5.97 Å². The number of carbonyl (C=O) groups is 2. The van der Waals surface area contributed by atoms with Crippen molar-refractivity contribution in [1.82, 2.24) is 4.57 Å². The van der Waals surface area contributed by atoms with Crippen LogP contribution in [0.4, 0.5) is 0 Å². The van der Waals surface area contributed by atoms with Gasteiger partial charge in [-0.15, -0.1) is 0 Å². The first-order chi connectivity index (χ1) is 12.6. The van der Waals surface area contributed by atoms with Gasteiger partial charge in [0, 0.05) is 11.6 Å². The number of hydrogen-bond acceptors (Lipinski definition) is 4. The van der Waals surface area contributed by atoms with Crippen LogP contribution < -0.4 is 4.74 Å². The lowest BCUT2D eigenvalue weighted by molar-refractivity contribution is 0.0602. The maximum Gasteiger partial charge on any atom is 0.340 e. The van der Waals surface area contributed by atoms with E-state index < -0.39 is 12.1 Å². The molecule has 134 valence electrons. The van der Waals surface area contributed by atoms with E-state index in [9.17, 15) is 9.59 Å². The molecular formula is C20H18ClNO4. The minimum Gasteiger partial charge on any atom is -0.479 e. The van der Waals surface area contributed by atoms with E-state index >= 15 is 0 Å². The Bertz CT molecular complexity index is 963. The SMILES string of the molecule is CCC(Oc1ccccc1Cl)C(=O)n1cc(C(=O)OC)c2ccccc21. The van der Waals surface area contributed by atoms with Gasteiger partial charge in [-0.3, -0.25) is 9.36 Å². The van der Waals surface area contributed by atoms with E-state index in [2.05, 4.69) is 0 Å². The van der Waals surface area contributed by atoms with Gasteiger partial charge in [0.05, 0.1) is 23.2 Å². The zero-order valence-corrected chi connectivity index (χ0v) is 15.2. The molecule has 3 aromatic rings. The number of benzene rings is 2. The van der Waals surface area contributed by atoms with Crippen LogP contribution in [0.1, 0.15) is 28.5 Å². The Morgan fingerprint density at radius 1 is 1.12 bits per heavy atom. The van der Waals surface area contributed by atoms with Crippen molar-refractivity contribution >= 4 is 34.4 Å². The van der Waals surface area contributed by atoms with Crippen molar-refractivity contribution in [3.63, 3.8) is 0 Å². The number of para-hydroxylation sites is 2. The largest absolute Gasteiger partial charge is 0.479 e. The van der Waals surface area contributed by atoms with E-state index in [1.54, 1.807) is 42.5 Å². The molecule has 0 aliphatic carbocycles. The van der Waals surface area contributed by atoms with Crippen LogP contribution in [0.25, 0.3) is 10.9 Å². The van der Waals surface area contributed by atoms with Gasteiger partial charge in [0.1, 0.15) is 5.75 Å². The fourth-order valence-electron chi connectivity index (χ4n) is 2.79. The quantitative estimate of drug-likeness (QED) is 0.616. The molecule has 0 saturated heterocycles. The minimum absolute atomic E-state index is 0.279. The van der Waals surface area contributed by atoms with E-state index in [1.807, 2.05) is 13.0 Å². The lowest BCUT2D eigenvalue weighted by atomic mass is 10.2. The highest BCUT2D eigenvalue weighted by molar-refractivity contribution is 6.32. The lowest BCUT2D eigenvalue weighted by Gasteiger charge is -2.18. The van der Waals surface area contributed by atoms with Crippen molar-refractivity contribution in [1.29, 1.82) is 0 Å². The molecule has 0 aliphatic heterocycles. The molecule has 3 rings (SSSR count). The van der Waals surface area contributed by atoms with E-state index in [-0.39, 0.29) is 5.91 Å². The molecule has 1 unspecified atom stereocenters. The summed E-state index contributed by atoms with van der Waals surface area (Å²) in [5.74, 6) is -0.328. The normalized spacial score (nSPS) is 12.0. The van der Waals surface area contributed by atoms with Gasteiger partial charge in [-0.05, 0) is 24.6 Å². The number of halogens is 1. The first kappa shape index (κ1) is 18.0. The Hall–Kier alpha value is -2.79. The molecule has 1 heterocycles. The molecule has 2 aromatic carbocycles. The number of aromatic nitrogens is 1. The van der Waals surface area contributed by atoms with Crippen LogP contribution in [0.2, 0.25) is 5.02 Å². The maximum atomic E-state index is 13.1. The molecule has 0 spiro atoms. The summed E-state index contributed by atoms with van der Waals surface area (Å²) in [6.45, 7) is 1.85. The Balaban J connectivity index is 2.00. The van der Waals surface area contributed by atoms with Gasteiger partial charge < -0.3 is 9.47 Å². The average molecular weight is 372 g/mol. The third kappa shape index (κ3) is 3.30. The van der Waals surface area contributed by atoms with Crippen LogP contribution in [-0.2, 0) is 4.74 Å². The van der Waals surface area contributed by atoms with Crippen molar-refractivity contribution in [3.05, 3.63) is 65.3 Å². The molecule has 0 amide bonds. The van der Waals surface area contributed by atoms with Gasteiger partial charge in [0.15, 0.2) is 6.10 Å². The van der Waals surface area contributed by atoms with E-state index in [1.165, 1.54) is 17.9 Å². The summed E-state index contributed by atoms with van der Waals surface area (Å²) in [4.78, 5) is 25.1. The fourth-order valence-corrected chi connectivity index (χ4v) is 2.97. The molecule has 0 bridgehead atoms. The Labute approximate surface area is 156 Å². The van der Waals surface area contributed by atoms with Crippen LogP contribution in [-0.4, -0.2) is 29.7 Å². The predicted molar refractivity (Wildman–Crippen MR) is 100 cm³/mol. The van der Waals surface area contributed by atoms with Gasteiger partial charge in [-0.2, -0.15) is 0 Å². The Morgan fingerprint density at radius 3 is 2.50 bits per heavy atom. The topological polar surface area (TPSA) is 57.5 Å². The number of rotatable bonds is 5. The van der Waals surface area contributed by atoms with Crippen LogP contribution in [0.5, 0.6) is 5.75 Å². The molecule has 0 radical (unpaired) electrons. The van der Waals surface area contributed by atoms with Crippen molar-refractivity contribution in [2.24, 2.45) is 0 Å². The van der Waals surface area contributed by atoms with E-state index in [0.29, 0.717) is 33.7 Å². The second-order valence-electron chi connectivity index (χ2n) is 5.70. The monoisotopic (exact) mass is 371 g/mol. The summed E-state index contributed by atoms with van der Waals surface area (Å²) < 4.78 is 12.1. The molecule has 26 heavy (non-hydrogen) atoms. The second-order valence-corrected chi connectivity index (χ2v) is 6.11. The minimum atomic E-state index is -0.740. The number of carbonyl (C=O) groups excluding carboxylic acids is 2. The van der Waals surface area contributed by atoms with E-state index in [0.717, 1.165) is 0 Å². The second kappa shape index (κ2) is 7.62. The van der Waals surface area contributed by atoms with Crippen LogP contribution >= 0.6 is 11.6 Å². The summed E-state index contributed by atoms with van der Waals surface area (Å²) in [5.41, 5.74) is 0.961. The predicted octanol–water partition coefficient (Wildman–Crippen LogP) is 4.58. The number of fused-ring (bicyclic) bond motifs is 1. The summed E-state index contributed by atoms with van der Waals surface area (Å²) >= 11 is 6.13.